The largest absolute Gasteiger partial charge is 0.452 e. The summed E-state index contributed by atoms with van der Waals surface area (Å²) in [7, 11) is 0. The number of fused-ring (bicyclic) bond motifs is 2. The maximum atomic E-state index is 12.5. The number of rotatable bonds is 2. The van der Waals surface area contributed by atoms with Crippen molar-refractivity contribution in [3.8, 4) is 0 Å². The van der Waals surface area contributed by atoms with Crippen molar-refractivity contribution in [1.82, 2.24) is 9.36 Å². The van der Waals surface area contributed by atoms with Gasteiger partial charge in [-0.05, 0) is 36.0 Å². The highest BCUT2D eigenvalue weighted by molar-refractivity contribution is 7.09. The third kappa shape index (κ3) is 2.01. The fraction of sp³-hybridized carbons (Fsp3) is 0.846. The minimum absolute atomic E-state index is 0.0804. The number of halogens is 3. The molecule has 1 aromatic rings. The Labute approximate surface area is 120 Å². The molecular formula is C13H18F3N3S. The van der Waals surface area contributed by atoms with Crippen molar-refractivity contribution in [2.45, 2.75) is 52.3 Å². The lowest BCUT2D eigenvalue weighted by Gasteiger charge is -2.43. The van der Waals surface area contributed by atoms with Crippen LogP contribution in [0.1, 0.15) is 45.9 Å². The summed E-state index contributed by atoms with van der Waals surface area (Å²) in [6.07, 6.45) is -0.984. The maximum absolute atomic E-state index is 12.5. The molecule has 1 aromatic heterocycles. The zero-order chi connectivity index (χ0) is 14.8. The van der Waals surface area contributed by atoms with Crippen LogP contribution in [0.3, 0.4) is 0 Å². The lowest BCUT2D eigenvalue weighted by atomic mass is 9.68. The average Bonchev–Trinajstić information content (AvgIpc) is 2.94. The van der Waals surface area contributed by atoms with E-state index < -0.39 is 12.0 Å². The van der Waals surface area contributed by atoms with Crippen LogP contribution in [0.15, 0.2) is 0 Å². The SMILES string of the molecule is CC12CCC(C1)C(C)(C)C2Nc1nc(C(F)(F)F)ns1. The summed E-state index contributed by atoms with van der Waals surface area (Å²) in [6.45, 7) is 6.63. The van der Waals surface area contributed by atoms with Gasteiger partial charge in [-0.15, -0.1) is 0 Å². The van der Waals surface area contributed by atoms with Gasteiger partial charge in [-0.3, -0.25) is 0 Å². The number of anilines is 1. The van der Waals surface area contributed by atoms with E-state index in [1.807, 2.05) is 0 Å². The second kappa shape index (κ2) is 4.08. The topological polar surface area (TPSA) is 37.8 Å². The number of alkyl halides is 3. The van der Waals surface area contributed by atoms with Gasteiger partial charge in [-0.25, -0.2) is 0 Å². The molecule has 20 heavy (non-hydrogen) atoms. The van der Waals surface area contributed by atoms with E-state index in [4.69, 9.17) is 0 Å². The Morgan fingerprint density at radius 2 is 2.00 bits per heavy atom. The zero-order valence-corrected chi connectivity index (χ0v) is 12.5. The van der Waals surface area contributed by atoms with Gasteiger partial charge in [0, 0.05) is 17.6 Å². The second-order valence-electron chi connectivity index (χ2n) is 6.91. The first-order chi connectivity index (χ1) is 9.13. The summed E-state index contributed by atoms with van der Waals surface area (Å²) in [4.78, 5) is 3.60. The van der Waals surface area contributed by atoms with Crippen molar-refractivity contribution in [3.63, 3.8) is 0 Å². The highest BCUT2D eigenvalue weighted by Gasteiger charge is 2.59. The van der Waals surface area contributed by atoms with Gasteiger partial charge in [-0.1, -0.05) is 20.8 Å². The van der Waals surface area contributed by atoms with Crippen LogP contribution in [0.4, 0.5) is 18.3 Å². The first-order valence-electron chi connectivity index (χ1n) is 6.80. The van der Waals surface area contributed by atoms with Crippen molar-refractivity contribution >= 4 is 16.7 Å². The molecule has 2 aliphatic rings. The Morgan fingerprint density at radius 1 is 1.30 bits per heavy atom. The van der Waals surface area contributed by atoms with Crippen LogP contribution in [0.25, 0.3) is 0 Å². The van der Waals surface area contributed by atoms with Crippen molar-refractivity contribution in [2.24, 2.45) is 16.7 Å². The van der Waals surface area contributed by atoms with Crippen LogP contribution in [0.5, 0.6) is 0 Å². The van der Waals surface area contributed by atoms with E-state index in [0.717, 1.165) is 24.4 Å². The summed E-state index contributed by atoms with van der Waals surface area (Å²) in [5.41, 5.74) is 0.231. The van der Waals surface area contributed by atoms with E-state index >= 15 is 0 Å². The van der Waals surface area contributed by atoms with E-state index in [9.17, 15) is 13.2 Å². The Hall–Kier alpha value is -0.850. The van der Waals surface area contributed by atoms with Crippen LogP contribution in [-0.2, 0) is 6.18 Å². The molecule has 0 amide bonds. The van der Waals surface area contributed by atoms with Gasteiger partial charge in [0.15, 0.2) is 0 Å². The molecule has 3 rings (SSSR count). The predicted molar refractivity (Wildman–Crippen MR) is 71.6 cm³/mol. The van der Waals surface area contributed by atoms with Gasteiger partial charge < -0.3 is 5.32 Å². The Bertz CT molecular complexity index is 520. The minimum Gasteiger partial charge on any atom is -0.356 e. The molecular weight excluding hydrogens is 287 g/mol. The Morgan fingerprint density at radius 3 is 2.50 bits per heavy atom. The van der Waals surface area contributed by atoms with Gasteiger partial charge >= 0.3 is 6.18 Å². The van der Waals surface area contributed by atoms with Gasteiger partial charge in [0.1, 0.15) is 0 Å². The second-order valence-corrected chi connectivity index (χ2v) is 7.67. The molecule has 0 spiro atoms. The van der Waals surface area contributed by atoms with E-state index in [-0.39, 0.29) is 22.0 Å². The standard InChI is InChI=1S/C13H18F3N3S/c1-11(2)7-4-5-12(3,6-7)8(11)17-10-18-9(19-20-10)13(14,15)16/h7-8H,4-6H2,1-3H3,(H,17,18,19). The van der Waals surface area contributed by atoms with E-state index in [1.165, 1.54) is 6.42 Å². The molecule has 2 fully saturated rings. The molecule has 112 valence electrons. The summed E-state index contributed by atoms with van der Waals surface area (Å²) in [6, 6.07) is 0.155. The van der Waals surface area contributed by atoms with Crippen molar-refractivity contribution < 1.29 is 13.2 Å². The highest BCUT2D eigenvalue weighted by Crippen LogP contribution is 2.63. The number of hydrogen-bond donors (Lipinski definition) is 1. The molecule has 2 bridgehead atoms. The number of nitrogens with one attached hydrogen (secondary N) is 1. The molecule has 0 saturated heterocycles. The van der Waals surface area contributed by atoms with Gasteiger partial charge in [0.2, 0.25) is 11.0 Å². The van der Waals surface area contributed by atoms with Crippen molar-refractivity contribution in [2.75, 3.05) is 5.32 Å². The van der Waals surface area contributed by atoms with E-state index in [1.54, 1.807) is 0 Å². The van der Waals surface area contributed by atoms with E-state index in [0.29, 0.717) is 5.92 Å². The molecule has 2 aliphatic carbocycles. The molecule has 1 heterocycles. The number of nitrogens with zero attached hydrogens (tertiary/aromatic N) is 2. The average molecular weight is 305 g/mol. The molecule has 7 heteroatoms. The van der Waals surface area contributed by atoms with Crippen molar-refractivity contribution in [3.05, 3.63) is 5.82 Å². The summed E-state index contributed by atoms with van der Waals surface area (Å²) in [5, 5.41) is 3.52. The highest BCUT2D eigenvalue weighted by atomic mass is 32.1. The smallest absolute Gasteiger partial charge is 0.356 e. The lowest BCUT2D eigenvalue weighted by molar-refractivity contribution is -0.144. The summed E-state index contributed by atoms with van der Waals surface area (Å²) >= 11 is 0.798. The molecule has 0 aromatic carbocycles. The number of hydrogen-bond acceptors (Lipinski definition) is 4. The third-order valence-electron chi connectivity index (χ3n) is 5.22. The van der Waals surface area contributed by atoms with Gasteiger partial charge in [0.05, 0.1) is 0 Å². The fourth-order valence-corrected chi connectivity index (χ4v) is 4.80. The first kappa shape index (κ1) is 14.1. The molecule has 0 aliphatic heterocycles. The van der Waals surface area contributed by atoms with Gasteiger partial charge in [-0.2, -0.15) is 22.5 Å². The molecule has 3 atom stereocenters. The summed E-state index contributed by atoms with van der Waals surface area (Å²) < 4.78 is 41.0. The molecule has 1 N–H and O–H groups in total. The fourth-order valence-electron chi connectivity index (χ4n) is 4.18. The van der Waals surface area contributed by atoms with Crippen LogP contribution in [-0.4, -0.2) is 15.4 Å². The number of aromatic nitrogens is 2. The Balaban J connectivity index is 1.83. The van der Waals surface area contributed by atoms with Crippen LogP contribution >= 0.6 is 11.5 Å². The lowest BCUT2D eigenvalue weighted by Crippen LogP contribution is -2.45. The summed E-state index contributed by atoms with van der Waals surface area (Å²) in [5.74, 6) is -0.406. The van der Waals surface area contributed by atoms with Crippen LogP contribution < -0.4 is 5.32 Å². The predicted octanol–water partition coefficient (Wildman–Crippen LogP) is 4.18. The molecule has 3 unspecified atom stereocenters. The monoisotopic (exact) mass is 305 g/mol. The zero-order valence-electron chi connectivity index (χ0n) is 11.7. The first-order valence-corrected chi connectivity index (χ1v) is 7.58. The quantitative estimate of drug-likeness (QED) is 0.890. The minimum atomic E-state index is -4.47. The van der Waals surface area contributed by atoms with Gasteiger partial charge in [0.25, 0.3) is 0 Å². The van der Waals surface area contributed by atoms with Crippen LogP contribution in [0.2, 0.25) is 0 Å². The molecule has 0 radical (unpaired) electrons. The van der Waals surface area contributed by atoms with E-state index in [2.05, 4.69) is 35.4 Å². The van der Waals surface area contributed by atoms with Crippen molar-refractivity contribution in [1.29, 1.82) is 0 Å². The Kier molecular flexibility index (Phi) is 2.88. The molecule has 3 nitrogen and oxygen atoms in total. The van der Waals surface area contributed by atoms with Crippen LogP contribution in [0, 0.1) is 16.7 Å². The third-order valence-corrected chi connectivity index (χ3v) is 5.86. The maximum Gasteiger partial charge on any atom is 0.452 e. The normalized spacial score (nSPS) is 35.5. The molecule has 2 saturated carbocycles.